The number of hydrogen-bond donors (Lipinski definition) is 4. The van der Waals surface area contributed by atoms with E-state index >= 15 is 0 Å². The van der Waals surface area contributed by atoms with E-state index in [1.165, 1.54) is 0 Å². The summed E-state index contributed by atoms with van der Waals surface area (Å²) in [6, 6.07) is 8.62. The third-order valence-corrected chi connectivity index (χ3v) is 11.6. The lowest BCUT2D eigenvalue weighted by Gasteiger charge is -2.40. The highest BCUT2D eigenvalue weighted by Crippen LogP contribution is 2.51. The van der Waals surface area contributed by atoms with Crippen molar-refractivity contribution in [2.45, 2.75) is 162 Å². The van der Waals surface area contributed by atoms with Gasteiger partial charge in [-0.2, -0.15) is 0 Å². The number of aliphatic hydroxyl groups excluding tert-OH is 3. The van der Waals surface area contributed by atoms with Gasteiger partial charge in [-0.3, -0.25) is 4.79 Å². The third kappa shape index (κ3) is 9.89. The second-order valence-electron chi connectivity index (χ2n) is 17.4. The van der Waals surface area contributed by atoms with E-state index in [0.717, 1.165) is 43.8 Å². The Labute approximate surface area is 301 Å². The van der Waals surface area contributed by atoms with E-state index in [1.807, 2.05) is 0 Å². The van der Waals surface area contributed by atoms with Crippen LogP contribution in [0.5, 0.6) is 11.5 Å². The molecule has 1 saturated heterocycles. The number of phenols is 1. The fraction of sp³-hybridized carbons (Fsp3) is 0.658. The Bertz CT molecular complexity index is 1370. The van der Waals surface area contributed by atoms with Crippen molar-refractivity contribution in [1.82, 2.24) is 0 Å². The average molecular weight is 723 g/mol. The maximum atomic E-state index is 11.3. The summed E-state index contributed by atoms with van der Waals surface area (Å²) < 4.78 is 12.1. The van der Waals surface area contributed by atoms with Crippen LogP contribution in [0.15, 0.2) is 34.1 Å². The molecule has 2 aromatic carbocycles. The summed E-state index contributed by atoms with van der Waals surface area (Å²) in [5, 5.41) is 42.8. The van der Waals surface area contributed by atoms with Crippen LogP contribution in [0.25, 0.3) is 0 Å². The van der Waals surface area contributed by atoms with Crippen molar-refractivity contribution in [3.05, 3.63) is 46.5 Å². The van der Waals surface area contributed by atoms with Crippen molar-refractivity contribution in [2.24, 2.45) is 0 Å². The molecule has 5 unspecified atom stereocenters. The standard InChI is InChI=1S/C38H58O7S3/c1-34(2,3)23-15-21(16-24(28(23)40)35(4,5)6)47-38(13,14)48-22-17-25(36(7,8)9)32(26(18-22)37(10,11)12)44-19-27-29(41)30(42)31(43)33(45-27)46-20-39/h15-18,20,27,29-31,33,40-43H,19H2,1-14H3. The molecule has 1 fully saturated rings. The molecule has 7 nitrogen and oxygen atoms in total. The largest absolute Gasteiger partial charge is 0.507 e. The smallest absolute Gasteiger partial charge is 0.178 e. The minimum absolute atomic E-state index is 0.0755. The molecule has 10 heteroatoms. The van der Waals surface area contributed by atoms with Crippen LogP contribution in [-0.2, 0) is 31.2 Å². The van der Waals surface area contributed by atoms with Crippen molar-refractivity contribution in [3.8, 4) is 11.5 Å². The molecule has 5 atom stereocenters. The Hall–Kier alpha value is -1.40. The molecule has 0 spiro atoms. The summed E-state index contributed by atoms with van der Waals surface area (Å²) in [7, 11) is 0. The molecule has 48 heavy (non-hydrogen) atoms. The molecule has 0 aromatic heterocycles. The van der Waals surface area contributed by atoms with Crippen molar-refractivity contribution in [1.29, 1.82) is 0 Å². The first-order chi connectivity index (χ1) is 21.7. The number of aromatic hydroxyl groups is 1. The van der Waals surface area contributed by atoms with Crippen LogP contribution in [-0.4, -0.2) is 66.6 Å². The number of rotatable bonds is 9. The zero-order valence-corrected chi connectivity index (χ0v) is 33.7. The summed E-state index contributed by atoms with van der Waals surface area (Å²) in [5.74, 6) is 1.07. The van der Waals surface area contributed by atoms with Crippen LogP contribution in [0.1, 0.15) is 119 Å². The summed E-state index contributed by atoms with van der Waals surface area (Å²) in [6.07, 6.45) is -5.21. The molecule has 4 N–H and O–H groups in total. The van der Waals surface area contributed by atoms with Gasteiger partial charge in [-0.15, -0.1) is 23.5 Å². The molecule has 0 amide bonds. The molecule has 0 saturated carbocycles. The van der Waals surface area contributed by atoms with E-state index in [2.05, 4.69) is 121 Å². The lowest BCUT2D eigenvalue weighted by atomic mass is 9.79. The van der Waals surface area contributed by atoms with Crippen LogP contribution in [0.2, 0.25) is 0 Å². The molecule has 1 heterocycles. The fourth-order valence-corrected chi connectivity index (χ4v) is 8.94. The van der Waals surface area contributed by atoms with Gasteiger partial charge in [0.1, 0.15) is 48.0 Å². The van der Waals surface area contributed by atoms with Gasteiger partial charge in [0.2, 0.25) is 0 Å². The Morgan fingerprint density at radius 2 is 1.06 bits per heavy atom. The monoisotopic (exact) mass is 722 g/mol. The van der Waals surface area contributed by atoms with E-state index in [9.17, 15) is 25.2 Å². The Kier molecular flexibility index (Phi) is 12.5. The summed E-state index contributed by atoms with van der Waals surface area (Å²) in [5.41, 5.74) is 2.37. The number of benzene rings is 2. The van der Waals surface area contributed by atoms with Gasteiger partial charge in [-0.1, -0.05) is 94.8 Å². The summed E-state index contributed by atoms with van der Waals surface area (Å²) >= 11 is 4.28. The molecule has 270 valence electrons. The van der Waals surface area contributed by atoms with Crippen molar-refractivity contribution >= 4 is 40.9 Å². The van der Waals surface area contributed by atoms with Crippen LogP contribution in [0, 0.1) is 0 Å². The quantitative estimate of drug-likeness (QED) is 0.114. The number of carbonyl (C=O) groups is 1. The number of aliphatic hydroxyl groups is 3. The molecule has 2 aromatic rings. The molecule has 1 aliphatic rings. The van der Waals surface area contributed by atoms with E-state index in [-0.39, 0.29) is 32.3 Å². The topological polar surface area (TPSA) is 116 Å². The van der Waals surface area contributed by atoms with Gasteiger partial charge < -0.3 is 29.9 Å². The van der Waals surface area contributed by atoms with Gasteiger partial charge in [0.25, 0.3) is 0 Å². The van der Waals surface area contributed by atoms with E-state index < -0.39 is 29.9 Å². The molecular weight excluding hydrogens is 665 g/mol. The van der Waals surface area contributed by atoms with Gasteiger partial charge in [0.15, 0.2) is 5.62 Å². The first-order valence-corrected chi connectivity index (χ1v) is 19.1. The minimum Gasteiger partial charge on any atom is -0.507 e. The van der Waals surface area contributed by atoms with Gasteiger partial charge in [-0.25, -0.2) is 0 Å². The highest BCUT2D eigenvalue weighted by atomic mass is 32.2. The third-order valence-electron chi connectivity index (χ3n) is 8.36. The Morgan fingerprint density at radius 3 is 1.44 bits per heavy atom. The summed E-state index contributed by atoms with van der Waals surface area (Å²) in [4.78, 5) is 13.3. The number of phenolic OH excluding ortho intramolecular Hbond substituents is 1. The highest BCUT2D eigenvalue weighted by Gasteiger charge is 2.44. The maximum Gasteiger partial charge on any atom is 0.178 e. The number of carbonyl (C=O) groups excluding carboxylic acids is 1. The van der Waals surface area contributed by atoms with E-state index in [1.54, 1.807) is 23.5 Å². The lowest BCUT2D eigenvalue weighted by molar-refractivity contribution is -0.203. The first-order valence-electron chi connectivity index (χ1n) is 16.5. The molecule has 0 radical (unpaired) electrons. The van der Waals surface area contributed by atoms with Gasteiger partial charge >= 0.3 is 0 Å². The average Bonchev–Trinajstić information content (AvgIpc) is 2.91. The van der Waals surface area contributed by atoms with E-state index in [4.69, 9.17) is 9.47 Å². The SMILES string of the molecule is CC(C)(Sc1cc(C(C)(C)C)c(O)c(C(C)(C)C)c1)Sc1cc(C(C)(C)C)c(OCC2OC(SC=O)C(O)C(O)C2O)c(C(C)(C)C)c1. The van der Waals surface area contributed by atoms with Crippen LogP contribution in [0.4, 0.5) is 0 Å². The zero-order chi connectivity index (χ0) is 36.8. The van der Waals surface area contributed by atoms with Gasteiger partial charge in [0.05, 0.1) is 4.08 Å². The summed E-state index contributed by atoms with van der Waals surface area (Å²) in [6.45, 7) is 29.9. The van der Waals surface area contributed by atoms with Crippen LogP contribution in [0.3, 0.4) is 0 Å². The maximum absolute atomic E-state index is 11.3. The van der Waals surface area contributed by atoms with Crippen molar-refractivity contribution in [3.63, 3.8) is 0 Å². The van der Waals surface area contributed by atoms with Crippen molar-refractivity contribution in [2.75, 3.05) is 6.61 Å². The van der Waals surface area contributed by atoms with Gasteiger partial charge in [-0.05, 0) is 59.8 Å². The normalized spacial score (nSPS) is 22.9. The number of thioether (sulfide) groups is 3. The Balaban J connectivity index is 2.03. The second-order valence-corrected chi connectivity index (χ2v) is 22.0. The molecule has 1 aliphatic heterocycles. The molecule has 0 aliphatic carbocycles. The minimum atomic E-state index is -1.47. The van der Waals surface area contributed by atoms with Gasteiger partial charge in [0, 0.05) is 32.0 Å². The highest BCUT2D eigenvalue weighted by molar-refractivity contribution is 8.18. The zero-order valence-electron chi connectivity index (χ0n) is 31.2. The van der Waals surface area contributed by atoms with Crippen LogP contribution >= 0.6 is 35.3 Å². The molecule has 3 rings (SSSR count). The number of hydrogen-bond acceptors (Lipinski definition) is 10. The fourth-order valence-electron chi connectivity index (χ4n) is 5.72. The molecule has 0 bridgehead atoms. The lowest BCUT2D eigenvalue weighted by Crippen LogP contribution is -2.58. The van der Waals surface area contributed by atoms with Crippen molar-refractivity contribution < 1.29 is 34.7 Å². The predicted octanol–water partition coefficient (Wildman–Crippen LogP) is 8.31. The van der Waals surface area contributed by atoms with Crippen LogP contribution < -0.4 is 4.74 Å². The number of ether oxygens (including phenoxy) is 2. The Morgan fingerprint density at radius 1 is 0.667 bits per heavy atom. The predicted molar refractivity (Wildman–Crippen MR) is 202 cm³/mol. The first kappa shape index (κ1) is 41.0. The second kappa shape index (κ2) is 14.7. The van der Waals surface area contributed by atoms with E-state index in [0.29, 0.717) is 17.1 Å². The molecular formula is C38H58O7S3.